The molecule has 5 heteroatoms. The molecule has 1 fully saturated rings. The average molecular weight is 425 g/mol. The molecule has 0 radical (unpaired) electrons. The van der Waals surface area contributed by atoms with Crippen LogP contribution in [0.2, 0.25) is 0 Å². The number of halogens is 1. The van der Waals surface area contributed by atoms with E-state index in [9.17, 15) is 14.3 Å². The topological polar surface area (TPSA) is 52.6 Å². The Labute approximate surface area is 184 Å². The molecule has 4 nitrogen and oxygen atoms in total. The van der Waals surface area contributed by atoms with Crippen LogP contribution in [0.3, 0.4) is 0 Å². The normalized spacial score (nSPS) is 20.3. The van der Waals surface area contributed by atoms with Gasteiger partial charge in [0.15, 0.2) is 0 Å². The second kappa shape index (κ2) is 10.4. The van der Waals surface area contributed by atoms with Gasteiger partial charge in [0.2, 0.25) is 5.91 Å². The maximum Gasteiger partial charge on any atom is 0.237 e. The Hall–Kier alpha value is -2.24. The fraction of sp³-hybridized carbons (Fsp3) is 0.500. The number of amides is 1. The van der Waals surface area contributed by atoms with Crippen molar-refractivity contribution in [1.82, 2.24) is 10.2 Å². The van der Waals surface area contributed by atoms with E-state index in [4.69, 9.17) is 0 Å². The summed E-state index contributed by atoms with van der Waals surface area (Å²) in [4.78, 5) is 15.3. The van der Waals surface area contributed by atoms with Gasteiger partial charge in [0.1, 0.15) is 5.82 Å². The zero-order chi connectivity index (χ0) is 21.6. The number of aliphatic hydroxyl groups is 1. The number of nitrogens with zero attached hydrogens (tertiary/aromatic N) is 1. The lowest BCUT2D eigenvalue weighted by molar-refractivity contribution is -0.135. The summed E-state index contributed by atoms with van der Waals surface area (Å²) in [6.45, 7) is 0.814. The van der Waals surface area contributed by atoms with Crippen LogP contribution < -0.4 is 5.32 Å². The van der Waals surface area contributed by atoms with Crippen molar-refractivity contribution in [2.45, 2.75) is 57.0 Å². The minimum atomic E-state index is -0.200. The zero-order valence-corrected chi connectivity index (χ0v) is 18.1. The van der Waals surface area contributed by atoms with Gasteiger partial charge in [-0.1, -0.05) is 55.7 Å². The van der Waals surface area contributed by atoms with Gasteiger partial charge in [0, 0.05) is 12.6 Å². The molecule has 1 unspecified atom stereocenters. The van der Waals surface area contributed by atoms with Gasteiger partial charge in [-0.25, -0.2) is 4.39 Å². The summed E-state index contributed by atoms with van der Waals surface area (Å²) in [6.07, 6.45) is 7.25. The summed E-state index contributed by atoms with van der Waals surface area (Å²) in [6, 6.07) is 14.9. The molecule has 2 N–H and O–H groups in total. The minimum absolute atomic E-state index is 0.0175. The Morgan fingerprint density at radius 2 is 1.90 bits per heavy atom. The van der Waals surface area contributed by atoms with Crippen LogP contribution in [0.1, 0.15) is 54.8 Å². The molecule has 0 spiro atoms. The van der Waals surface area contributed by atoms with Gasteiger partial charge in [-0.2, -0.15) is 0 Å². The fourth-order valence-corrected chi connectivity index (χ4v) is 5.30. The summed E-state index contributed by atoms with van der Waals surface area (Å²) in [5.74, 6) is 0.298. The first-order chi connectivity index (χ1) is 15.2. The Kier molecular flexibility index (Phi) is 7.36. The Balaban J connectivity index is 1.47. The third kappa shape index (κ3) is 5.34. The van der Waals surface area contributed by atoms with E-state index < -0.39 is 0 Å². The number of rotatable bonds is 7. The number of carbonyl (C=O) groups is 1. The maximum atomic E-state index is 13.8. The molecule has 1 amide bonds. The number of hydrogen-bond donors (Lipinski definition) is 2. The maximum absolute atomic E-state index is 13.8. The summed E-state index contributed by atoms with van der Waals surface area (Å²) in [5, 5.41) is 13.1. The van der Waals surface area contributed by atoms with E-state index in [1.54, 1.807) is 6.07 Å². The number of aliphatic hydroxyl groups excluding tert-OH is 1. The summed E-state index contributed by atoms with van der Waals surface area (Å²) >= 11 is 0. The van der Waals surface area contributed by atoms with Crippen LogP contribution >= 0.6 is 0 Å². The molecule has 2 aliphatic rings. The molecule has 2 aromatic rings. The van der Waals surface area contributed by atoms with Gasteiger partial charge in [0.05, 0.1) is 19.2 Å². The number of carbonyl (C=O) groups excluding carboxylic acids is 1. The van der Waals surface area contributed by atoms with Crippen molar-refractivity contribution in [1.29, 1.82) is 0 Å². The van der Waals surface area contributed by atoms with Crippen molar-refractivity contribution < 1.29 is 14.3 Å². The lowest BCUT2D eigenvalue weighted by atomic mass is 9.77. The smallest absolute Gasteiger partial charge is 0.237 e. The third-order valence-electron chi connectivity index (χ3n) is 6.89. The number of fused-ring (bicyclic) bond motifs is 1. The van der Waals surface area contributed by atoms with Crippen LogP contribution in [-0.4, -0.2) is 41.7 Å². The van der Waals surface area contributed by atoms with Crippen molar-refractivity contribution in [3.63, 3.8) is 0 Å². The largest absolute Gasteiger partial charge is 0.395 e. The van der Waals surface area contributed by atoms with Crippen LogP contribution in [0.4, 0.5) is 4.39 Å². The molecule has 2 atom stereocenters. The highest BCUT2D eigenvalue weighted by Gasteiger charge is 2.36. The van der Waals surface area contributed by atoms with E-state index in [0.29, 0.717) is 25.3 Å². The van der Waals surface area contributed by atoms with Crippen molar-refractivity contribution in [2.24, 2.45) is 5.92 Å². The molecule has 31 heavy (non-hydrogen) atoms. The first-order valence-corrected chi connectivity index (χ1v) is 11.6. The molecule has 1 aliphatic carbocycles. The number of benzene rings is 2. The van der Waals surface area contributed by atoms with E-state index in [1.165, 1.54) is 25.3 Å². The molecule has 1 heterocycles. The molecule has 0 saturated heterocycles. The van der Waals surface area contributed by atoms with Crippen molar-refractivity contribution in [3.8, 4) is 0 Å². The van der Waals surface area contributed by atoms with E-state index in [1.807, 2.05) is 41.3 Å². The lowest BCUT2D eigenvalue weighted by Crippen LogP contribution is -2.49. The quantitative estimate of drug-likeness (QED) is 0.706. The van der Waals surface area contributed by atoms with Gasteiger partial charge in [-0.05, 0) is 60.4 Å². The molecule has 4 rings (SSSR count). The second-order valence-corrected chi connectivity index (χ2v) is 8.97. The zero-order valence-electron chi connectivity index (χ0n) is 18.1. The SMILES string of the molecule is O=C(CN[C@H](CO)Cc1ccccc1)N1CCc2cc(F)ccc2C1C1CCCCC1. The highest BCUT2D eigenvalue weighted by molar-refractivity contribution is 5.79. The van der Waals surface area contributed by atoms with E-state index in [-0.39, 0.29) is 37.0 Å². The second-order valence-electron chi connectivity index (χ2n) is 8.97. The third-order valence-corrected chi connectivity index (χ3v) is 6.89. The minimum Gasteiger partial charge on any atom is -0.395 e. The first-order valence-electron chi connectivity index (χ1n) is 11.6. The van der Waals surface area contributed by atoms with Gasteiger partial charge in [-0.3, -0.25) is 4.79 Å². The van der Waals surface area contributed by atoms with Gasteiger partial charge in [0.25, 0.3) is 0 Å². The molecule has 2 aromatic carbocycles. The molecule has 1 aliphatic heterocycles. The Morgan fingerprint density at radius 3 is 2.65 bits per heavy atom. The average Bonchev–Trinajstić information content (AvgIpc) is 2.81. The van der Waals surface area contributed by atoms with E-state index in [2.05, 4.69) is 5.32 Å². The van der Waals surface area contributed by atoms with Crippen molar-refractivity contribution >= 4 is 5.91 Å². The summed E-state index contributed by atoms with van der Waals surface area (Å²) < 4.78 is 13.8. The number of nitrogens with one attached hydrogen (secondary N) is 1. The lowest BCUT2D eigenvalue weighted by Gasteiger charge is -2.43. The predicted octanol–water partition coefficient (Wildman–Crippen LogP) is 4.03. The molecule has 166 valence electrons. The van der Waals surface area contributed by atoms with E-state index >= 15 is 0 Å². The van der Waals surface area contributed by atoms with Crippen LogP contribution in [-0.2, 0) is 17.6 Å². The standard InChI is InChI=1S/C26H33FN2O2/c27-22-11-12-24-21(16-22)13-14-29(26(24)20-9-5-2-6-10-20)25(31)17-28-23(18-30)15-19-7-3-1-4-8-19/h1,3-4,7-8,11-12,16,20,23,26,28,30H,2,5-6,9-10,13-15,17-18H2/t23-,26?/m0/s1. The highest BCUT2D eigenvalue weighted by Crippen LogP contribution is 2.42. The van der Waals surface area contributed by atoms with Gasteiger partial charge < -0.3 is 15.3 Å². The molecular formula is C26H33FN2O2. The van der Waals surface area contributed by atoms with Crippen LogP contribution in [0.5, 0.6) is 0 Å². The fourth-order valence-electron chi connectivity index (χ4n) is 5.30. The monoisotopic (exact) mass is 424 g/mol. The highest BCUT2D eigenvalue weighted by atomic mass is 19.1. The number of hydrogen-bond acceptors (Lipinski definition) is 3. The van der Waals surface area contributed by atoms with Crippen LogP contribution in [0, 0.1) is 11.7 Å². The Bertz CT molecular complexity index is 867. The first kappa shape index (κ1) is 22.0. The van der Waals surface area contributed by atoms with Crippen molar-refractivity contribution in [2.75, 3.05) is 19.7 Å². The predicted molar refractivity (Wildman–Crippen MR) is 120 cm³/mol. The molecule has 0 aromatic heterocycles. The molecular weight excluding hydrogens is 391 g/mol. The summed E-state index contributed by atoms with van der Waals surface area (Å²) in [7, 11) is 0. The van der Waals surface area contributed by atoms with E-state index in [0.717, 1.165) is 29.5 Å². The Morgan fingerprint density at radius 1 is 1.13 bits per heavy atom. The summed E-state index contributed by atoms with van der Waals surface area (Å²) in [5.41, 5.74) is 3.30. The van der Waals surface area contributed by atoms with Gasteiger partial charge >= 0.3 is 0 Å². The van der Waals surface area contributed by atoms with Crippen LogP contribution in [0.15, 0.2) is 48.5 Å². The van der Waals surface area contributed by atoms with Crippen LogP contribution in [0.25, 0.3) is 0 Å². The van der Waals surface area contributed by atoms with Crippen molar-refractivity contribution in [3.05, 3.63) is 71.0 Å². The molecule has 1 saturated carbocycles. The molecule has 0 bridgehead atoms. The van der Waals surface area contributed by atoms with Gasteiger partial charge in [-0.15, -0.1) is 0 Å².